The molecule has 2 atom stereocenters. The third kappa shape index (κ3) is 5.29. The van der Waals surface area contributed by atoms with E-state index in [9.17, 15) is 22.4 Å². The second-order valence-corrected chi connectivity index (χ2v) is 6.23. The number of allylic oxidation sites excluding steroid dienone is 1. The van der Waals surface area contributed by atoms with Gasteiger partial charge in [0.2, 0.25) is 0 Å². The molecule has 128 valence electrons. The largest absolute Gasteiger partial charge is 0.465 e. The van der Waals surface area contributed by atoms with Crippen molar-refractivity contribution in [3.63, 3.8) is 0 Å². The topological polar surface area (TPSA) is 26.3 Å². The van der Waals surface area contributed by atoms with Gasteiger partial charge in [-0.25, -0.2) is 8.78 Å². The Bertz CT molecular complexity index is 401. The number of rotatable bonds is 7. The number of carbonyl (C=O) groups is 1. The molecule has 0 aromatic heterocycles. The molecular formula is C16H24F4O2. The van der Waals surface area contributed by atoms with Gasteiger partial charge in [-0.05, 0) is 31.6 Å². The number of hydrogen-bond acceptors (Lipinski definition) is 2. The number of ether oxygens (including phenoxy) is 1. The van der Waals surface area contributed by atoms with Gasteiger partial charge in [-0.15, -0.1) is 0 Å². The summed E-state index contributed by atoms with van der Waals surface area (Å²) < 4.78 is 56.4. The predicted octanol–water partition coefficient (Wildman–Crippen LogP) is 4.98. The van der Waals surface area contributed by atoms with E-state index in [1.54, 1.807) is 0 Å². The molecule has 0 amide bonds. The lowest BCUT2D eigenvalue weighted by Gasteiger charge is -2.28. The molecule has 0 aliphatic heterocycles. The number of hydrogen-bond donors (Lipinski definition) is 0. The van der Waals surface area contributed by atoms with E-state index >= 15 is 0 Å². The first-order valence-electron chi connectivity index (χ1n) is 7.65. The molecule has 0 aromatic carbocycles. The van der Waals surface area contributed by atoms with Crippen LogP contribution in [0.5, 0.6) is 0 Å². The van der Waals surface area contributed by atoms with Gasteiger partial charge in [-0.3, -0.25) is 4.79 Å². The zero-order valence-electron chi connectivity index (χ0n) is 13.1. The van der Waals surface area contributed by atoms with E-state index in [1.165, 1.54) is 0 Å². The summed E-state index contributed by atoms with van der Waals surface area (Å²) in [6, 6.07) is 0. The van der Waals surface area contributed by atoms with Gasteiger partial charge in [0.1, 0.15) is 0 Å². The summed E-state index contributed by atoms with van der Waals surface area (Å²) in [6.07, 6.45) is 1.82. The molecule has 0 aromatic rings. The van der Waals surface area contributed by atoms with Crippen molar-refractivity contribution in [2.45, 2.75) is 64.2 Å². The summed E-state index contributed by atoms with van der Waals surface area (Å²) in [6.45, 7) is 5.88. The Morgan fingerprint density at radius 2 is 1.95 bits per heavy atom. The second-order valence-electron chi connectivity index (χ2n) is 6.23. The monoisotopic (exact) mass is 324 g/mol. The van der Waals surface area contributed by atoms with Crippen molar-refractivity contribution in [3.8, 4) is 0 Å². The summed E-state index contributed by atoms with van der Waals surface area (Å²) in [5, 5.41) is 0. The SMILES string of the molecule is C=C1CC(CC)CC(C(=O)OCCCC(F)(F)C(C)(F)F)C1. The highest BCUT2D eigenvalue weighted by molar-refractivity contribution is 5.73. The summed E-state index contributed by atoms with van der Waals surface area (Å²) >= 11 is 0. The molecule has 1 aliphatic carbocycles. The van der Waals surface area contributed by atoms with Crippen molar-refractivity contribution in [1.29, 1.82) is 0 Å². The van der Waals surface area contributed by atoms with Crippen LogP contribution in [0.3, 0.4) is 0 Å². The van der Waals surface area contributed by atoms with E-state index < -0.39 is 24.2 Å². The van der Waals surface area contributed by atoms with E-state index in [2.05, 4.69) is 6.58 Å². The van der Waals surface area contributed by atoms with Crippen molar-refractivity contribution < 1.29 is 27.1 Å². The third-order valence-corrected chi connectivity index (χ3v) is 4.16. The smallest absolute Gasteiger partial charge is 0.310 e. The second kappa shape index (κ2) is 7.47. The fourth-order valence-corrected chi connectivity index (χ4v) is 2.70. The zero-order valence-corrected chi connectivity index (χ0v) is 13.1. The Kier molecular flexibility index (Phi) is 6.44. The average molecular weight is 324 g/mol. The molecule has 1 rings (SSSR count). The van der Waals surface area contributed by atoms with Crippen LogP contribution in [0.2, 0.25) is 0 Å². The zero-order chi connectivity index (χ0) is 17.0. The van der Waals surface area contributed by atoms with Gasteiger partial charge >= 0.3 is 17.8 Å². The van der Waals surface area contributed by atoms with E-state index in [4.69, 9.17) is 4.74 Å². The lowest BCUT2D eigenvalue weighted by Crippen LogP contribution is -2.37. The normalized spacial score (nSPS) is 23.5. The maximum atomic E-state index is 13.1. The number of esters is 1. The van der Waals surface area contributed by atoms with Gasteiger partial charge in [-0.1, -0.05) is 25.5 Å². The molecule has 6 heteroatoms. The predicted molar refractivity (Wildman–Crippen MR) is 76.0 cm³/mol. The first kappa shape index (κ1) is 19.0. The van der Waals surface area contributed by atoms with Crippen molar-refractivity contribution >= 4 is 5.97 Å². The molecule has 0 radical (unpaired) electrons. The first-order chi connectivity index (χ1) is 10.1. The van der Waals surface area contributed by atoms with Crippen LogP contribution in [-0.4, -0.2) is 24.4 Å². The molecule has 1 aliphatic rings. The Balaban J connectivity index is 2.36. The van der Waals surface area contributed by atoms with Gasteiger partial charge in [0, 0.05) is 13.3 Å². The van der Waals surface area contributed by atoms with Gasteiger partial charge in [0.25, 0.3) is 0 Å². The highest BCUT2D eigenvalue weighted by atomic mass is 19.3. The molecule has 1 saturated carbocycles. The Morgan fingerprint density at radius 3 is 2.50 bits per heavy atom. The van der Waals surface area contributed by atoms with E-state index in [1.807, 2.05) is 6.92 Å². The molecule has 0 heterocycles. The fourth-order valence-electron chi connectivity index (χ4n) is 2.70. The van der Waals surface area contributed by atoms with Gasteiger partial charge in [0.15, 0.2) is 0 Å². The lowest BCUT2D eigenvalue weighted by atomic mass is 9.78. The van der Waals surface area contributed by atoms with E-state index in [-0.39, 0.29) is 25.9 Å². The molecule has 2 nitrogen and oxygen atoms in total. The van der Waals surface area contributed by atoms with Crippen LogP contribution in [-0.2, 0) is 9.53 Å². The highest BCUT2D eigenvalue weighted by Crippen LogP contribution is 2.37. The van der Waals surface area contributed by atoms with Crippen molar-refractivity contribution in [2.75, 3.05) is 6.61 Å². The van der Waals surface area contributed by atoms with Crippen LogP contribution in [0.15, 0.2) is 12.2 Å². The summed E-state index contributed by atoms with van der Waals surface area (Å²) in [5.41, 5.74) is 0.997. The van der Waals surface area contributed by atoms with Crippen molar-refractivity contribution in [1.82, 2.24) is 0 Å². The molecule has 0 spiro atoms. The maximum absolute atomic E-state index is 13.1. The molecule has 0 bridgehead atoms. The standard InChI is InChI=1S/C16H24F4O2/c1-4-12-8-11(2)9-13(10-12)14(21)22-7-5-6-16(19,20)15(3,17)18/h12-13H,2,4-10H2,1,3H3. The first-order valence-corrected chi connectivity index (χ1v) is 7.65. The van der Waals surface area contributed by atoms with Gasteiger partial charge < -0.3 is 4.74 Å². The van der Waals surface area contributed by atoms with Gasteiger partial charge in [-0.2, -0.15) is 8.78 Å². The van der Waals surface area contributed by atoms with Crippen LogP contribution in [0, 0.1) is 11.8 Å². The number of carbonyl (C=O) groups excluding carboxylic acids is 1. The minimum Gasteiger partial charge on any atom is -0.465 e. The molecule has 22 heavy (non-hydrogen) atoms. The van der Waals surface area contributed by atoms with Crippen LogP contribution in [0.1, 0.15) is 52.4 Å². The minimum absolute atomic E-state index is 0.192. The third-order valence-electron chi connectivity index (χ3n) is 4.16. The average Bonchev–Trinajstić information content (AvgIpc) is 2.41. The van der Waals surface area contributed by atoms with Crippen molar-refractivity contribution in [2.24, 2.45) is 11.8 Å². The fraction of sp³-hybridized carbons (Fsp3) is 0.812. The minimum atomic E-state index is -4.08. The summed E-state index contributed by atoms with van der Waals surface area (Å²) in [5.74, 6) is -8.48. The Morgan fingerprint density at radius 1 is 1.32 bits per heavy atom. The maximum Gasteiger partial charge on any atom is 0.310 e. The summed E-state index contributed by atoms with van der Waals surface area (Å²) in [4.78, 5) is 11.9. The van der Waals surface area contributed by atoms with Crippen LogP contribution < -0.4 is 0 Å². The summed E-state index contributed by atoms with van der Waals surface area (Å²) in [7, 11) is 0. The molecule has 2 unspecified atom stereocenters. The Hall–Kier alpha value is -1.07. The molecule has 0 saturated heterocycles. The van der Waals surface area contributed by atoms with E-state index in [0.717, 1.165) is 18.4 Å². The number of alkyl halides is 4. The van der Waals surface area contributed by atoms with E-state index in [0.29, 0.717) is 18.8 Å². The molecule has 0 N–H and O–H groups in total. The quantitative estimate of drug-likeness (QED) is 0.286. The molecule has 1 fully saturated rings. The van der Waals surface area contributed by atoms with Crippen LogP contribution >= 0.6 is 0 Å². The lowest BCUT2D eigenvalue weighted by molar-refractivity contribution is -0.202. The van der Waals surface area contributed by atoms with Crippen LogP contribution in [0.4, 0.5) is 17.6 Å². The Labute approximate surface area is 128 Å². The molecular weight excluding hydrogens is 300 g/mol. The van der Waals surface area contributed by atoms with Crippen molar-refractivity contribution in [3.05, 3.63) is 12.2 Å². The van der Waals surface area contributed by atoms with Gasteiger partial charge in [0.05, 0.1) is 12.5 Å². The van der Waals surface area contributed by atoms with Crippen LogP contribution in [0.25, 0.3) is 0 Å². The highest BCUT2D eigenvalue weighted by Gasteiger charge is 2.51. The number of halogens is 4.